The highest BCUT2D eigenvalue weighted by atomic mass is 16.6. The Morgan fingerprint density at radius 2 is 1.94 bits per heavy atom. The summed E-state index contributed by atoms with van der Waals surface area (Å²) in [5, 5.41) is 11.0. The molecule has 1 radical (unpaired) electrons. The van der Waals surface area contributed by atoms with Crippen LogP contribution in [0, 0.1) is 16.5 Å². The van der Waals surface area contributed by atoms with Gasteiger partial charge < -0.3 is 4.90 Å². The molecule has 0 N–H and O–H groups in total. The number of nitro groups is 1. The Balaban J connectivity index is 2.07. The largest absolute Gasteiger partial charge is 0.363 e. The lowest BCUT2D eigenvalue weighted by Crippen LogP contribution is -2.46. The second-order valence-corrected chi connectivity index (χ2v) is 4.44. The van der Waals surface area contributed by atoms with Gasteiger partial charge in [0.25, 0.3) is 5.69 Å². The third-order valence-electron chi connectivity index (χ3n) is 3.23. The fraction of sp³-hybridized carbons (Fsp3) is 0.462. The lowest BCUT2D eigenvalue weighted by atomic mass is 10.2. The molecule has 97 valence electrons. The molecule has 0 saturated carbocycles. The summed E-state index contributed by atoms with van der Waals surface area (Å²) in [6, 6.07) is 6.97. The maximum absolute atomic E-state index is 11.0. The molecule has 0 atom stereocenters. The van der Waals surface area contributed by atoms with E-state index in [9.17, 15) is 10.1 Å². The van der Waals surface area contributed by atoms with E-state index in [1.807, 2.05) is 12.1 Å². The van der Waals surface area contributed by atoms with Crippen molar-refractivity contribution in [2.24, 2.45) is 0 Å². The number of benzene rings is 1. The van der Waals surface area contributed by atoms with Crippen molar-refractivity contribution < 1.29 is 4.92 Å². The molecule has 1 heterocycles. The van der Waals surface area contributed by atoms with Crippen molar-refractivity contribution in [1.29, 1.82) is 0 Å². The Hall–Kier alpha value is -1.62. The van der Waals surface area contributed by atoms with Crippen molar-refractivity contribution >= 4 is 11.4 Å². The Bertz CT molecular complexity index is 414. The molecular formula is C13H18N3O2. The zero-order valence-corrected chi connectivity index (χ0v) is 10.6. The lowest BCUT2D eigenvalue weighted by Gasteiger charge is -2.35. The predicted octanol–water partition coefficient (Wildman–Crippen LogP) is 1.94. The Morgan fingerprint density at radius 1 is 1.28 bits per heavy atom. The SMILES string of the molecule is C[CH]CN1CCN(c2ccccc2[N+](=O)[O-])CC1. The Kier molecular flexibility index (Phi) is 4.15. The van der Waals surface area contributed by atoms with E-state index in [1.165, 1.54) is 0 Å². The first-order valence-electron chi connectivity index (χ1n) is 6.21. The minimum absolute atomic E-state index is 0.202. The maximum atomic E-state index is 11.0. The smallest absolute Gasteiger partial charge is 0.292 e. The molecule has 1 aliphatic rings. The molecule has 0 bridgehead atoms. The average Bonchev–Trinajstić information content (AvgIpc) is 2.40. The fourth-order valence-electron chi connectivity index (χ4n) is 2.32. The van der Waals surface area contributed by atoms with Crippen LogP contribution >= 0.6 is 0 Å². The van der Waals surface area contributed by atoms with E-state index < -0.39 is 0 Å². The van der Waals surface area contributed by atoms with Crippen LogP contribution in [-0.4, -0.2) is 42.5 Å². The van der Waals surface area contributed by atoms with Crippen molar-refractivity contribution in [1.82, 2.24) is 4.90 Å². The number of anilines is 1. The van der Waals surface area contributed by atoms with Gasteiger partial charge in [0, 0.05) is 38.8 Å². The van der Waals surface area contributed by atoms with Gasteiger partial charge in [0.1, 0.15) is 5.69 Å². The second-order valence-electron chi connectivity index (χ2n) is 4.44. The molecule has 1 aromatic rings. The predicted molar refractivity (Wildman–Crippen MR) is 71.7 cm³/mol. The van der Waals surface area contributed by atoms with Crippen LogP contribution in [-0.2, 0) is 0 Å². The third-order valence-corrected chi connectivity index (χ3v) is 3.23. The van der Waals surface area contributed by atoms with Gasteiger partial charge in [-0.1, -0.05) is 19.1 Å². The van der Waals surface area contributed by atoms with Crippen molar-refractivity contribution in [3.63, 3.8) is 0 Å². The third kappa shape index (κ3) is 2.79. The van der Waals surface area contributed by atoms with Gasteiger partial charge in [-0.3, -0.25) is 15.0 Å². The number of hydrogen-bond donors (Lipinski definition) is 0. The van der Waals surface area contributed by atoms with E-state index in [0.717, 1.165) is 38.4 Å². The van der Waals surface area contributed by atoms with Gasteiger partial charge in [-0.25, -0.2) is 0 Å². The average molecular weight is 248 g/mol. The summed E-state index contributed by atoms with van der Waals surface area (Å²) in [5.74, 6) is 0. The van der Waals surface area contributed by atoms with Gasteiger partial charge in [0.2, 0.25) is 0 Å². The normalized spacial score (nSPS) is 16.8. The first kappa shape index (κ1) is 12.8. The van der Waals surface area contributed by atoms with Crippen LogP contribution in [0.2, 0.25) is 0 Å². The number of nitro benzene ring substituents is 1. The van der Waals surface area contributed by atoms with E-state index in [2.05, 4.69) is 23.1 Å². The summed E-state index contributed by atoms with van der Waals surface area (Å²) in [6.45, 7) is 6.64. The van der Waals surface area contributed by atoms with Gasteiger partial charge in [0.05, 0.1) is 4.92 Å². The molecule has 0 unspecified atom stereocenters. The first-order valence-corrected chi connectivity index (χ1v) is 6.21. The van der Waals surface area contributed by atoms with Crippen LogP contribution in [0.5, 0.6) is 0 Å². The number of para-hydroxylation sites is 2. The molecule has 1 fully saturated rings. The van der Waals surface area contributed by atoms with Gasteiger partial charge >= 0.3 is 0 Å². The van der Waals surface area contributed by atoms with E-state index >= 15 is 0 Å². The van der Waals surface area contributed by atoms with Crippen LogP contribution in [0.1, 0.15) is 6.92 Å². The number of piperazine rings is 1. The molecule has 1 aromatic carbocycles. The van der Waals surface area contributed by atoms with E-state index in [-0.39, 0.29) is 10.6 Å². The molecule has 5 nitrogen and oxygen atoms in total. The van der Waals surface area contributed by atoms with Crippen molar-refractivity contribution in [3.05, 3.63) is 40.8 Å². The topological polar surface area (TPSA) is 49.6 Å². The van der Waals surface area contributed by atoms with Gasteiger partial charge in [-0.15, -0.1) is 0 Å². The van der Waals surface area contributed by atoms with Crippen molar-refractivity contribution in [3.8, 4) is 0 Å². The van der Waals surface area contributed by atoms with Crippen LogP contribution < -0.4 is 4.90 Å². The van der Waals surface area contributed by atoms with Gasteiger partial charge in [-0.2, -0.15) is 0 Å². The summed E-state index contributed by atoms with van der Waals surface area (Å²) >= 11 is 0. The number of hydrogen-bond acceptors (Lipinski definition) is 4. The second kappa shape index (κ2) is 5.82. The minimum Gasteiger partial charge on any atom is -0.363 e. The minimum atomic E-state index is -0.304. The summed E-state index contributed by atoms with van der Waals surface area (Å²) < 4.78 is 0. The molecule has 1 aliphatic heterocycles. The molecule has 18 heavy (non-hydrogen) atoms. The quantitative estimate of drug-likeness (QED) is 0.603. The summed E-state index contributed by atoms with van der Waals surface area (Å²) in [7, 11) is 0. The van der Waals surface area contributed by atoms with E-state index in [0.29, 0.717) is 0 Å². The van der Waals surface area contributed by atoms with Gasteiger partial charge in [-0.05, 0) is 12.5 Å². The van der Waals surface area contributed by atoms with Crippen molar-refractivity contribution in [2.75, 3.05) is 37.6 Å². The highest BCUT2D eigenvalue weighted by molar-refractivity contribution is 5.63. The lowest BCUT2D eigenvalue weighted by molar-refractivity contribution is -0.384. The standard InChI is InChI=1S/C13H18N3O2/c1-2-7-14-8-10-15(11-9-14)12-5-3-4-6-13(12)16(17)18/h2-6H,7-11H2,1H3. The number of nitrogens with zero attached hydrogens (tertiary/aromatic N) is 3. The highest BCUT2D eigenvalue weighted by Crippen LogP contribution is 2.28. The molecule has 0 spiro atoms. The Labute approximate surface area is 107 Å². The molecule has 2 rings (SSSR count). The number of rotatable bonds is 4. The van der Waals surface area contributed by atoms with Crippen LogP contribution in [0.4, 0.5) is 11.4 Å². The zero-order chi connectivity index (χ0) is 13.0. The zero-order valence-electron chi connectivity index (χ0n) is 10.6. The van der Waals surface area contributed by atoms with Crippen LogP contribution in [0.25, 0.3) is 0 Å². The molecule has 1 saturated heterocycles. The summed E-state index contributed by atoms with van der Waals surface area (Å²) in [6.07, 6.45) is 2.14. The van der Waals surface area contributed by atoms with Crippen molar-refractivity contribution in [2.45, 2.75) is 6.92 Å². The van der Waals surface area contributed by atoms with Crippen LogP contribution in [0.3, 0.4) is 0 Å². The van der Waals surface area contributed by atoms with Gasteiger partial charge in [0.15, 0.2) is 0 Å². The summed E-state index contributed by atoms with van der Waals surface area (Å²) in [5.41, 5.74) is 0.940. The highest BCUT2D eigenvalue weighted by Gasteiger charge is 2.22. The van der Waals surface area contributed by atoms with E-state index in [1.54, 1.807) is 12.1 Å². The summed E-state index contributed by atoms with van der Waals surface area (Å²) in [4.78, 5) is 15.1. The molecule has 0 aliphatic carbocycles. The molecule has 5 heteroatoms. The molecular weight excluding hydrogens is 230 g/mol. The monoisotopic (exact) mass is 248 g/mol. The Morgan fingerprint density at radius 3 is 2.56 bits per heavy atom. The first-order chi connectivity index (χ1) is 8.72. The van der Waals surface area contributed by atoms with E-state index in [4.69, 9.17) is 0 Å². The fourth-order valence-corrected chi connectivity index (χ4v) is 2.32. The molecule has 0 amide bonds. The maximum Gasteiger partial charge on any atom is 0.292 e. The molecule has 0 aromatic heterocycles. The van der Waals surface area contributed by atoms with Crippen LogP contribution in [0.15, 0.2) is 24.3 Å².